The van der Waals surface area contributed by atoms with Crippen LogP contribution in [-0.4, -0.2) is 19.4 Å². The first-order valence-corrected chi connectivity index (χ1v) is 7.04. The molecule has 5 nitrogen and oxygen atoms in total. The third-order valence-corrected chi connectivity index (χ3v) is 3.49. The summed E-state index contributed by atoms with van der Waals surface area (Å²) >= 11 is 0. The second-order valence-electron chi connectivity index (χ2n) is 5.18. The van der Waals surface area contributed by atoms with Crippen LogP contribution in [0.4, 0.5) is 24.8 Å². The van der Waals surface area contributed by atoms with E-state index in [4.69, 9.17) is 0 Å². The van der Waals surface area contributed by atoms with Crippen molar-refractivity contribution in [1.29, 1.82) is 0 Å². The average Bonchev–Trinajstić information content (AvgIpc) is 2.98. The molecule has 0 radical (unpaired) electrons. The minimum Gasteiger partial charge on any atom is -0.323 e. The first-order valence-electron chi connectivity index (χ1n) is 7.04. The number of rotatable bonds is 2. The number of hydrogen-bond donors (Lipinski definition) is 1. The summed E-state index contributed by atoms with van der Waals surface area (Å²) in [6, 6.07) is 10.6. The Morgan fingerprint density at radius 3 is 2.62 bits per heavy atom. The van der Waals surface area contributed by atoms with Gasteiger partial charge in [0.05, 0.1) is 11.2 Å². The van der Waals surface area contributed by atoms with Crippen LogP contribution in [0.2, 0.25) is 0 Å². The van der Waals surface area contributed by atoms with E-state index in [1.54, 1.807) is 12.3 Å². The van der Waals surface area contributed by atoms with Gasteiger partial charge in [-0.2, -0.15) is 13.2 Å². The molecule has 0 saturated carbocycles. The number of nitrogens with one attached hydrogen (secondary N) is 1. The molecule has 0 aliphatic carbocycles. The van der Waals surface area contributed by atoms with Crippen molar-refractivity contribution < 1.29 is 13.2 Å². The van der Waals surface area contributed by atoms with Crippen molar-refractivity contribution in [3.8, 4) is 0 Å². The Hall–Kier alpha value is -3.16. The zero-order chi connectivity index (χ0) is 16.7. The molecule has 3 aromatic heterocycles. The lowest BCUT2D eigenvalue weighted by atomic mass is 10.2. The molecule has 0 atom stereocenters. The standard InChI is InChI=1S/C16H10F3N5/c17-16(18,19)13-9-24-8-11(5-6-14(24)23-13)21-15-20-7-10-3-1-2-4-12(10)22-15/h1-9H,(H,20,21,22). The van der Waals surface area contributed by atoms with Crippen molar-refractivity contribution in [1.82, 2.24) is 19.4 Å². The van der Waals surface area contributed by atoms with Gasteiger partial charge in [-0.25, -0.2) is 15.0 Å². The zero-order valence-corrected chi connectivity index (χ0v) is 12.1. The summed E-state index contributed by atoms with van der Waals surface area (Å²) in [5.74, 6) is 0.365. The minimum absolute atomic E-state index is 0.215. The fourth-order valence-electron chi connectivity index (χ4n) is 2.36. The third-order valence-electron chi connectivity index (χ3n) is 3.49. The number of fused-ring (bicyclic) bond motifs is 2. The van der Waals surface area contributed by atoms with Gasteiger partial charge in [0.15, 0.2) is 5.69 Å². The van der Waals surface area contributed by atoms with Crippen LogP contribution in [-0.2, 0) is 6.18 Å². The highest BCUT2D eigenvalue weighted by atomic mass is 19.4. The Balaban J connectivity index is 1.68. The van der Waals surface area contributed by atoms with Crippen LogP contribution < -0.4 is 5.32 Å². The molecule has 120 valence electrons. The summed E-state index contributed by atoms with van der Waals surface area (Å²) in [4.78, 5) is 12.1. The zero-order valence-electron chi connectivity index (χ0n) is 12.1. The molecule has 8 heteroatoms. The normalized spacial score (nSPS) is 12.0. The summed E-state index contributed by atoms with van der Waals surface area (Å²) < 4.78 is 39.4. The van der Waals surface area contributed by atoms with E-state index >= 15 is 0 Å². The van der Waals surface area contributed by atoms with Crippen molar-refractivity contribution in [2.45, 2.75) is 6.18 Å². The van der Waals surface area contributed by atoms with Crippen LogP contribution in [0.25, 0.3) is 16.6 Å². The van der Waals surface area contributed by atoms with Crippen molar-refractivity contribution in [3.05, 3.63) is 60.7 Å². The third kappa shape index (κ3) is 2.62. The summed E-state index contributed by atoms with van der Waals surface area (Å²) in [6.07, 6.45) is -0.332. The van der Waals surface area contributed by atoms with E-state index in [-0.39, 0.29) is 5.65 Å². The number of anilines is 2. The molecule has 0 amide bonds. The lowest BCUT2D eigenvalue weighted by molar-refractivity contribution is -0.140. The molecular formula is C16H10F3N5. The monoisotopic (exact) mass is 329 g/mol. The van der Waals surface area contributed by atoms with Crippen molar-refractivity contribution >= 4 is 28.2 Å². The summed E-state index contributed by atoms with van der Waals surface area (Å²) in [5.41, 5.74) is 0.621. The van der Waals surface area contributed by atoms with Crippen LogP contribution in [0.15, 0.2) is 55.0 Å². The fraction of sp³-hybridized carbons (Fsp3) is 0.0625. The number of aromatic nitrogens is 4. The number of alkyl halides is 3. The molecule has 4 rings (SSSR count). The van der Waals surface area contributed by atoms with Crippen LogP contribution >= 0.6 is 0 Å². The van der Waals surface area contributed by atoms with E-state index < -0.39 is 11.9 Å². The minimum atomic E-state index is -4.47. The van der Waals surface area contributed by atoms with Gasteiger partial charge in [-0.05, 0) is 18.2 Å². The van der Waals surface area contributed by atoms with Crippen molar-refractivity contribution in [2.75, 3.05) is 5.32 Å². The molecule has 0 aliphatic heterocycles. The second kappa shape index (κ2) is 5.19. The number of hydrogen-bond acceptors (Lipinski definition) is 4. The van der Waals surface area contributed by atoms with Crippen LogP contribution in [0.3, 0.4) is 0 Å². The predicted octanol–water partition coefficient (Wildman–Crippen LogP) is 4.04. The van der Waals surface area contributed by atoms with E-state index in [0.717, 1.165) is 17.1 Å². The van der Waals surface area contributed by atoms with E-state index in [1.807, 2.05) is 24.3 Å². The fourth-order valence-corrected chi connectivity index (χ4v) is 2.36. The largest absolute Gasteiger partial charge is 0.434 e. The highest BCUT2D eigenvalue weighted by molar-refractivity contribution is 5.78. The SMILES string of the molecule is FC(F)(F)c1cn2cc(Nc3ncc4ccccc4n3)ccc2n1. The lowest BCUT2D eigenvalue weighted by Gasteiger charge is -2.06. The van der Waals surface area contributed by atoms with Gasteiger partial charge in [-0.1, -0.05) is 18.2 Å². The smallest absolute Gasteiger partial charge is 0.323 e. The molecule has 0 spiro atoms. The molecule has 0 unspecified atom stereocenters. The Morgan fingerprint density at radius 2 is 1.79 bits per heavy atom. The number of halogens is 3. The van der Waals surface area contributed by atoms with Crippen molar-refractivity contribution in [2.24, 2.45) is 0 Å². The maximum Gasteiger partial charge on any atom is 0.434 e. The highest BCUT2D eigenvalue weighted by Crippen LogP contribution is 2.29. The maximum absolute atomic E-state index is 12.7. The van der Waals surface area contributed by atoms with Crippen LogP contribution in [0, 0.1) is 0 Å². The summed E-state index contributed by atoms with van der Waals surface area (Å²) in [6.45, 7) is 0. The topological polar surface area (TPSA) is 55.1 Å². The van der Waals surface area contributed by atoms with Gasteiger partial charge in [0.2, 0.25) is 5.95 Å². The predicted molar refractivity (Wildman–Crippen MR) is 83.0 cm³/mol. The molecule has 1 aromatic carbocycles. The number of nitrogens with zero attached hydrogens (tertiary/aromatic N) is 4. The summed E-state index contributed by atoms with van der Waals surface area (Å²) in [5, 5.41) is 3.89. The van der Waals surface area contributed by atoms with Crippen LogP contribution in [0.1, 0.15) is 5.69 Å². The van der Waals surface area contributed by atoms with Gasteiger partial charge in [0, 0.05) is 24.0 Å². The van der Waals surface area contributed by atoms with E-state index in [2.05, 4.69) is 20.3 Å². The van der Waals surface area contributed by atoms with Gasteiger partial charge in [0.25, 0.3) is 0 Å². The molecule has 0 fully saturated rings. The highest BCUT2D eigenvalue weighted by Gasteiger charge is 2.33. The first-order chi connectivity index (χ1) is 11.5. The average molecular weight is 329 g/mol. The quantitative estimate of drug-likeness (QED) is 0.603. The molecule has 0 saturated heterocycles. The van der Waals surface area contributed by atoms with Gasteiger partial charge >= 0.3 is 6.18 Å². The Labute approximate surface area is 133 Å². The second-order valence-corrected chi connectivity index (χ2v) is 5.18. The number of imidazole rings is 1. The molecule has 0 bridgehead atoms. The molecule has 4 aromatic rings. The van der Waals surface area contributed by atoms with Gasteiger partial charge in [0.1, 0.15) is 5.65 Å². The molecule has 1 N–H and O–H groups in total. The Bertz CT molecular complexity index is 1040. The van der Waals surface area contributed by atoms with Crippen molar-refractivity contribution in [3.63, 3.8) is 0 Å². The first kappa shape index (κ1) is 14.4. The maximum atomic E-state index is 12.7. The molecule has 0 aliphatic rings. The summed E-state index contributed by atoms with van der Waals surface area (Å²) in [7, 11) is 0. The number of para-hydroxylation sites is 1. The van der Waals surface area contributed by atoms with E-state index in [9.17, 15) is 13.2 Å². The van der Waals surface area contributed by atoms with E-state index in [1.165, 1.54) is 16.7 Å². The number of benzene rings is 1. The number of pyridine rings is 1. The molecule has 24 heavy (non-hydrogen) atoms. The molecule has 3 heterocycles. The molecular weight excluding hydrogens is 319 g/mol. The van der Waals surface area contributed by atoms with Gasteiger partial charge in [-0.3, -0.25) is 0 Å². The van der Waals surface area contributed by atoms with Gasteiger partial charge in [-0.15, -0.1) is 0 Å². The Kier molecular flexibility index (Phi) is 3.12. The lowest BCUT2D eigenvalue weighted by Crippen LogP contribution is -2.04. The van der Waals surface area contributed by atoms with E-state index in [0.29, 0.717) is 11.6 Å². The Morgan fingerprint density at radius 1 is 0.958 bits per heavy atom. The van der Waals surface area contributed by atoms with Gasteiger partial charge < -0.3 is 9.72 Å². The van der Waals surface area contributed by atoms with Crippen LogP contribution in [0.5, 0.6) is 0 Å².